The van der Waals surface area contributed by atoms with Crippen molar-refractivity contribution in [2.75, 3.05) is 18.8 Å². The fourth-order valence-corrected chi connectivity index (χ4v) is 3.07. The summed E-state index contributed by atoms with van der Waals surface area (Å²) in [5.41, 5.74) is 0. The maximum Gasteiger partial charge on any atom is 0.317 e. The van der Waals surface area contributed by atoms with Crippen molar-refractivity contribution in [3.63, 3.8) is 0 Å². The maximum absolute atomic E-state index is 11.3. The molecule has 0 saturated carbocycles. The smallest absolute Gasteiger partial charge is 0.317 e. The summed E-state index contributed by atoms with van der Waals surface area (Å²) in [5.74, 6) is 1.12. The van der Waals surface area contributed by atoms with Crippen LogP contribution in [0.15, 0.2) is 0 Å². The van der Waals surface area contributed by atoms with Crippen LogP contribution in [0.5, 0.6) is 0 Å². The molecule has 2 amide bonds. The van der Waals surface area contributed by atoms with Gasteiger partial charge in [0.2, 0.25) is 0 Å². The standard InChI is InChI=1S/C8H14N2OS/c1-6-4-7(5-12-6)10-3-2-9-8(10)11/h6-7H,2-5H2,1H3,(H,9,11). The number of nitrogens with one attached hydrogen (secondary N) is 1. The third-order valence-corrected chi connectivity index (χ3v) is 3.85. The predicted octanol–water partition coefficient (Wildman–Crippen LogP) is 0.906. The fourth-order valence-electron chi connectivity index (χ4n) is 1.85. The van der Waals surface area contributed by atoms with Crippen molar-refractivity contribution in [3.8, 4) is 0 Å². The van der Waals surface area contributed by atoms with E-state index in [4.69, 9.17) is 0 Å². The first-order chi connectivity index (χ1) is 5.77. The van der Waals surface area contributed by atoms with Gasteiger partial charge in [0.25, 0.3) is 0 Å². The van der Waals surface area contributed by atoms with Crippen molar-refractivity contribution in [2.24, 2.45) is 0 Å². The van der Waals surface area contributed by atoms with Gasteiger partial charge in [-0.25, -0.2) is 4.79 Å². The second-order valence-electron chi connectivity index (χ2n) is 3.46. The van der Waals surface area contributed by atoms with Crippen molar-refractivity contribution in [3.05, 3.63) is 0 Å². The van der Waals surface area contributed by atoms with E-state index in [0.717, 1.165) is 30.5 Å². The van der Waals surface area contributed by atoms with Gasteiger partial charge in [-0.15, -0.1) is 0 Å². The Hall–Kier alpha value is -0.380. The number of carbonyl (C=O) groups is 1. The Morgan fingerprint density at radius 3 is 3.00 bits per heavy atom. The molecule has 0 aromatic rings. The van der Waals surface area contributed by atoms with Crippen LogP contribution in [-0.4, -0.2) is 41.1 Å². The molecule has 0 aliphatic carbocycles. The second-order valence-corrected chi connectivity index (χ2v) is 4.93. The highest BCUT2D eigenvalue weighted by Crippen LogP contribution is 2.29. The Morgan fingerprint density at radius 2 is 2.50 bits per heavy atom. The van der Waals surface area contributed by atoms with Crippen molar-refractivity contribution in [1.29, 1.82) is 0 Å². The fraction of sp³-hybridized carbons (Fsp3) is 0.875. The van der Waals surface area contributed by atoms with E-state index in [-0.39, 0.29) is 6.03 Å². The highest BCUT2D eigenvalue weighted by Gasteiger charge is 2.32. The lowest BCUT2D eigenvalue weighted by Gasteiger charge is -2.21. The van der Waals surface area contributed by atoms with Gasteiger partial charge < -0.3 is 10.2 Å². The summed E-state index contributed by atoms with van der Waals surface area (Å²) < 4.78 is 0. The van der Waals surface area contributed by atoms with Crippen molar-refractivity contribution in [2.45, 2.75) is 24.6 Å². The number of amides is 2. The predicted molar refractivity (Wildman–Crippen MR) is 50.4 cm³/mol. The number of thioether (sulfide) groups is 1. The molecule has 2 heterocycles. The monoisotopic (exact) mass is 186 g/mol. The molecule has 68 valence electrons. The molecule has 2 rings (SSSR count). The zero-order chi connectivity index (χ0) is 8.55. The molecule has 2 aliphatic rings. The Bertz CT molecular complexity index is 197. The normalized spacial score (nSPS) is 35.8. The summed E-state index contributed by atoms with van der Waals surface area (Å²) in [4.78, 5) is 13.3. The van der Waals surface area contributed by atoms with E-state index in [9.17, 15) is 4.79 Å². The highest BCUT2D eigenvalue weighted by atomic mass is 32.2. The lowest BCUT2D eigenvalue weighted by Crippen LogP contribution is -2.38. The SMILES string of the molecule is CC1CC(N2CCNC2=O)CS1. The van der Waals surface area contributed by atoms with Crippen LogP contribution >= 0.6 is 11.8 Å². The summed E-state index contributed by atoms with van der Waals surface area (Å²) in [6.07, 6.45) is 1.16. The Morgan fingerprint density at radius 1 is 1.67 bits per heavy atom. The van der Waals surface area contributed by atoms with E-state index in [1.54, 1.807) is 0 Å². The van der Waals surface area contributed by atoms with E-state index >= 15 is 0 Å². The van der Waals surface area contributed by atoms with Gasteiger partial charge >= 0.3 is 6.03 Å². The number of carbonyl (C=O) groups excluding carboxylic acids is 1. The summed E-state index contributed by atoms with van der Waals surface area (Å²) in [5, 5.41) is 3.56. The molecule has 3 nitrogen and oxygen atoms in total. The third kappa shape index (κ3) is 1.40. The molecule has 2 atom stereocenters. The average Bonchev–Trinajstić information content (AvgIpc) is 2.58. The van der Waals surface area contributed by atoms with Gasteiger partial charge in [-0.3, -0.25) is 0 Å². The minimum atomic E-state index is 0.134. The largest absolute Gasteiger partial charge is 0.336 e. The summed E-state index contributed by atoms with van der Waals surface area (Å²) in [6.45, 7) is 3.96. The van der Waals surface area contributed by atoms with Crippen LogP contribution < -0.4 is 5.32 Å². The average molecular weight is 186 g/mol. The van der Waals surface area contributed by atoms with Crippen LogP contribution in [0.3, 0.4) is 0 Å². The van der Waals surface area contributed by atoms with Gasteiger partial charge in [0.05, 0.1) is 0 Å². The maximum atomic E-state index is 11.3. The van der Waals surface area contributed by atoms with Crippen molar-refractivity contribution >= 4 is 17.8 Å². The van der Waals surface area contributed by atoms with E-state index in [1.807, 2.05) is 16.7 Å². The lowest BCUT2D eigenvalue weighted by atomic mass is 10.2. The molecule has 1 N–H and O–H groups in total. The molecule has 2 aliphatic heterocycles. The van der Waals surface area contributed by atoms with Crippen molar-refractivity contribution < 1.29 is 4.79 Å². The van der Waals surface area contributed by atoms with Gasteiger partial charge in [0.15, 0.2) is 0 Å². The Kier molecular flexibility index (Phi) is 2.17. The first-order valence-electron chi connectivity index (χ1n) is 4.43. The lowest BCUT2D eigenvalue weighted by molar-refractivity contribution is 0.202. The molecule has 12 heavy (non-hydrogen) atoms. The van der Waals surface area contributed by atoms with Crippen LogP contribution in [0.2, 0.25) is 0 Å². The van der Waals surface area contributed by atoms with Gasteiger partial charge in [-0.05, 0) is 6.42 Å². The van der Waals surface area contributed by atoms with E-state index < -0.39 is 0 Å². The second kappa shape index (κ2) is 3.17. The number of rotatable bonds is 1. The number of urea groups is 1. The first-order valence-corrected chi connectivity index (χ1v) is 5.48. The summed E-state index contributed by atoms with van der Waals surface area (Å²) >= 11 is 1.97. The Labute approximate surface area is 76.9 Å². The molecular formula is C8H14N2OS. The Balaban J connectivity index is 1.96. The van der Waals surface area contributed by atoms with Gasteiger partial charge in [0, 0.05) is 30.1 Å². The van der Waals surface area contributed by atoms with Crippen LogP contribution in [0.1, 0.15) is 13.3 Å². The summed E-state index contributed by atoms with van der Waals surface area (Å²) in [6, 6.07) is 0.627. The van der Waals surface area contributed by atoms with E-state index in [0.29, 0.717) is 6.04 Å². The molecule has 0 bridgehead atoms. The molecule has 0 spiro atoms. The summed E-state index contributed by atoms with van der Waals surface area (Å²) in [7, 11) is 0. The van der Waals surface area contributed by atoms with Gasteiger partial charge in [-0.1, -0.05) is 6.92 Å². The van der Waals surface area contributed by atoms with Crippen LogP contribution in [0, 0.1) is 0 Å². The molecule has 0 radical (unpaired) electrons. The third-order valence-electron chi connectivity index (χ3n) is 2.51. The molecular weight excluding hydrogens is 172 g/mol. The van der Waals surface area contributed by atoms with Crippen LogP contribution in [0.25, 0.3) is 0 Å². The molecule has 4 heteroatoms. The number of hydrogen-bond donors (Lipinski definition) is 1. The van der Waals surface area contributed by atoms with Gasteiger partial charge in [0.1, 0.15) is 0 Å². The van der Waals surface area contributed by atoms with Crippen LogP contribution in [-0.2, 0) is 0 Å². The van der Waals surface area contributed by atoms with Crippen LogP contribution in [0.4, 0.5) is 4.79 Å². The molecule has 0 aromatic carbocycles. The zero-order valence-electron chi connectivity index (χ0n) is 7.25. The molecule has 2 saturated heterocycles. The number of nitrogens with zero attached hydrogens (tertiary/aromatic N) is 1. The molecule has 2 unspecified atom stereocenters. The van der Waals surface area contributed by atoms with E-state index in [2.05, 4.69) is 12.2 Å². The minimum absolute atomic E-state index is 0.134. The molecule has 0 aromatic heterocycles. The first kappa shape index (κ1) is 8.23. The minimum Gasteiger partial charge on any atom is -0.336 e. The van der Waals surface area contributed by atoms with Gasteiger partial charge in [-0.2, -0.15) is 11.8 Å². The zero-order valence-corrected chi connectivity index (χ0v) is 8.06. The van der Waals surface area contributed by atoms with Crippen molar-refractivity contribution in [1.82, 2.24) is 10.2 Å². The van der Waals surface area contributed by atoms with E-state index in [1.165, 1.54) is 0 Å². The molecule has 2 fully saturated rings. The quantitative estimate of drug-likeness (QED) is 0.660. The number of hydrogen-bond acceptors (Lipinski definition) is 2. The topological polar surface area (TPSA) is 32.3 Å². The highest BCUT2D eigenvalue weighted by molar-refractivity contribution is 8.00.